The van der Waals surface area contributed by atoms with Gasteiger partial charge in [0.25, 0.3) is 0 Å². The van der Waals surface area contributed by atoms with Crippen molar-refractivity contribution in [3.63, 3.8) is 0 Å². The van der Waals surface area contributed by atoms with Gasteiger partial charge in [-0.05, 0) is 47.9 Å². The van der Waals surface area contributed by atoms with Crippen LogP contribution in [0.1, 0.15) is 25.0 Å². The number of nitrogens with one attached hydrogen (secondary N) is 1. The molecule has 0 fully saturated rings. The SMILES string of the molecule is CC(C)CNCc1ccc(OCc2ccc(Cl)cc2)cc1.Cl. The van der Waals surface area contributed by atoms with E-state index >= 15 is 0 Å². The summed E-state index contributed by atoms with van der Waals surface area (Å²) in [4.78, 5) is 0. The average Bonchev–Trinajstić information content (AvgIpc) is 2.48. The van der Waals surface area contributed by atoms with Crippen LogP contribution in [0.2, 0.25) is 5.02 Å². The van der Waals surface area contributed by atoms with Crippen LogP contribution in [0, 0.1) is 5.92 Å². The molecule has 0 saturated heterocycles. The van der Waals surface area contributed by atoms with E-state index in [0.717, 1.165) is 29.4 Å². The average molecular weight is 340 g/mol. The fourth-order valence-electron chi connectivity index (χ4n) is 1.96. The van der Waals surface area contributed by atoms with Crippen molar-refractivity contribution in [2.75, 3.05) is 6.54 Å². The van der Waals surface area contributed by atoms with Crippen molar-refractivity contribution < 1.29 is 4.74 Å². The first-order valence-electron chi connectivity index (χ1n) is 7.30. The first-order valence-corrected chi connectivity index (χ1v) is 7.68. The van der Waals surface area contributed by atoms with E-state index in [2.05, 4.69) is 31.3 Å². The van der Waals surface area contributed by atoms with E-state index in [1.54, 1.807) is 0 Å². The Balaban J connectivity index is 0.00000242. The molecule has 0 aliphatic rings. The van der Waals surface area contributed by atoms with E-state index in [1.807, 2.05) is 36.4 Å². The molecule has 0 aliphatic heterocycles. The second kappa shape index (κ2) is 9.73. The van der Waals surface area contributed by atoms with Crippen molar-refractivity contribution in [1.29, 1.82) is 0 Å². The summed E-state index contributed by atoms with van der Waals surface area (Å²) in [6.07, 6.45) is 0. The molecular weight excluding hydrogens is 317 g/mol. The van der Waals surface area contributed by atoms with Gasteiger partial charge in [-0.1, -0.05) is 49.7 Å². The predicted octanol–water partition coefficient (Wildman–Crippen LogP) is 5.09. The Labute approximate surface area is 144 Å². The number of halogens is 2. The van der Waals surface area contributed by atoms with Gasteiger partial charge in [-0.3, -0.25) is 0 Å². The Morgan fingerprint density at radius 3 is 2.14 bits per heavy atom. The highest BCUT2D eigenvalue weighted by atomic mass is 35.5. The Morgan fingerprint density at radius 2 is 1.55 bits per heavy atom. The molecule has 2 rings (SSSR count). The monoisotopic (exact) mass is 339 g/mol. The summed E-state index contributed by atoms with van der Waals surface area (Å²) in [5.74, 6) is 1.56. The first-order chi connectivity index (χ1) is 10.1. The molecule has 0 amide bonds. The van der Waals surface area contributed by atoms with Crippen LogP contribution in [-0.2, 0) is 13.2 Å². The van der Waals surface area contributed by atoms with Gasteiger partial charge in [0.15, 0.2) is 0 Å². The highest BCUT2D eigenvalue weighted by molar-refractivity contribution is 6.30. The Bertz CT molecular complexity index is 538. The molecule has 0 spiro atoms. The summed E-state index contributed by atoms with van der Waals surface area (Å²) in [6.45, 7) is 6.91. The third-order valence-electron chi connectivity index (χ3n) is 3.12. The molecular formula is C18H23Cl2NO. The van der Waals surface area contributed by atoms with E-state index in [1.165, 1.54) is 5.56 Å². The summed E-state index contributed by atoms with van der Waals surface area (Å²) < 4.78 is 5.77. The lowest BCUT2D eigenvalue weighted by molar-refractivity contribution is 0.306. The molecule has 0 radical (unpaired) electrons. The molecule has 0 atom stereocenters. The maximum atomic E-state index is 5.86. The minimum absolute atomic E-state index is 0. The Morgan fingerprint density at radius 1 is 0.955 bits per heavy atom. The van der Waals surface area contributed by atoms with E-state index in [9.17, 15) is 0 Å². The van der Waals surface area contributed by atoms with Crippen molar-refractivity contribution in [3.05, 3.63) is 64.7 Å². The molecule has 1 N–H and O–H groups in total. The lowest BCUT2D eigenvalue weighted by atomic mass is 10.2. The molecule has 0 bridgehead atoms. The normalized spacial score (nSPS) is 10.4. The fourth-order valence-corrected chi connectivity index (χ4v) is 2.08. The fraction of sp³-hybridized carbons (Fsp3) is 0.333. The molecule has 0 unspecified atom stereocenters. The van der Waals surface area contributed by atoms with Crippen molar-refractivity contribution in [2.24, 2.45) is 5.92 Å². The van der Waals surface area contributed by atoms with Crippen LogP contribution in [-0.4, -0.2) is 6.54 Å². The van der Waals surface area contributed by atoms with Crippen LogP contribution in [0.15, 0.2) is 48.5 Å². The zero-order valence-electron chi connectivity index (χ0n) is 13.0. The van der Waals surface area contributed by atoms with Crippen LogP contribution < -0.4 is 10.1 Å². The molecule has 2 aromatic carbocycles. The summed E-state index contributed by atoms with van der Waals surface area (Å²) in [5.41, 5.74) is 2.39. The van der Waals surface area contributed by atoms with Gasteiger partial charge < -0.3 is 10.1 Å². The zero-order valence-corrected chi connectivity index (χ0v) is 14.6. The van der Waals surface area contributed by atoms with Crippen molar-refractivity contribution in [1.82, 2.24) is 5.32 Å². The quantitative estimate of drug-likeness (QED) is 0.758. The molecule has 0 aliphatic carbocycles. The van der Waals surface area contributed by atoms with Gasteiger partial charge in [-0.25, -0.2) is 0 Å². The third kappa shape index (κ3) is 6.69. The topological polar surface area (TPSA) is 21.3 Å². The standard InChI is InChI=1S/C18H22ClNO.ClH/c1-14(2)11-20-12-15-5-9-18(10-6-15)21-13-16-3-7-17(19)8-4-16;/h3-10,14,20H,11-13H2,1-2H3;1H. The number of benzene rings is 2. The van der Waals surface area contributed by atoms with Crippen molar-refractivity contribution in [2.45, 2.75) is 27.0 Å². The van der Waals surface area contributed by atoms with Gasteiger partial charge in [0.1, 0.15) is 12.4 Å². The van der Waals surface area contributed by atoms with Gasteiger partial charge in [-0.15, -0.1) is 12.4 Å². The smallest absolute Gasteiger partial charge is 0.119 e. The molecule has 120 valence electrons. The second-order valence-corrected chi connectivity index (χ2v) is 6.02. The molecule has 0 aromatic heterocycles. The van der Waals surface area contributed by atoms with E-state index in [-0.39, 0.29) is 12.4 Å². The van der Waals surface area contributed by atoms with Gasteiger partial charge in [0.05, 0.1) is 0 Å². The number of rotatable bonds is 7. The highest BCUT2D eigenvalue weighted by Crippen LogP contribution is 2.15. The summed E-state index contributed by atoms with van der Waals surface area (Å²) in [5, 5.41) is 4.18. The maximum absolute atomic E-state index is 5.86. The van der Waals surface area contributed by atoms with Gasteiger partial charge >= 0.3 is 0 Å². The number of ether oxygens (including phenoxy) is 1. The van der Waals surface area contributed by atoms with E-state index in [0.29, 0.717) is 12.5 Å². The minimum atomic E-state index is 0. The molecule has 4 heteroatoms. The minimum Gasteiger partial charge on any atom is -0.489 e. The lowest BCUT2D eigenvalue weighted by Gasteiger charge is -2.09. The Hall–Kier alpha value is -1.22. The lowest BCUT2D eigenvalue weighted by Crippen LogP contribution is -2.18. The van der Waals surface area contributed by atoms with Crippen molar-refractivity contribution >= 4 is 24.0 Å². The third-order valence-corrected chi connectivity index (χ3v) is 3.38. The molecule has 22 heavy (non-hydrogen) atoms. The van der Waals surface area contributed by atoms with E-state index < -0.39 is 0 Å². The molecule has 0 heterocycles. The first kappa shape index (κ1) is 18.8. The molecule has 2 nitrogen and oxygen atoms in total. The van der Waals surface area contributed by atoms with Crippen LogP contribution in [0.3, 0.4) is 0 Å². The van der Waals surface area contributed by atoms with Gasteiger partial charge in [0, 0.05) is 11.6 Å². The zero-order chi connectivity index (χ0) is 15.1. The highest BCUT2D eigenvalue weighted by Gasteiger charge is 1.98. The summed E-state index contributed by atoms with van der Waals surface area (Å²) in [7, 11) is 0. The molecule has 0 saturated carbocycles. The number of hydrogen-bond acceptors (Lipinski definition) is 2. The van der Waals surface area contributed by atoms with Crippen molar-refractivity contribution in [3.8, 4) is 5.75 Å². The summed E-state index contributed by atoms with van der Waals surface area (Å²) >= 11 is 5.86. The van der Waals surface area contributed by atoms with E-state index in [4.69, 9.17) is 16.3 Å². The summed E-state index contributed by atoms with van der Waals surface area (Å²) in [6, 6.07) is 16.0. The number of hydrogen-bond donors (Lipinski definition) is 1. The van der Waals surface area contributed by atoms with Gasteiger partial charge in [0.2, 0.25) is 0 Å². The van der Waals surface area contributed by atoms with Crippen LogP contribution in [0.4, 0.5) is 0 Å². The maximum Gasteiger partial charge on any atom is 0.119 e. The second-order valence-electron chi connectivity index (χ2n) is 5.58. The van der Waals surface area contributed by atoms with Crippen LogP contribution in [0.5, 0.6) is 5.75 Å². The Kier molecular flexibility index (Phi) is 8.32. The largest absolute Gasteiger partial charge is 0.489 e. The molecule has 2 aromatic rings. The predicted molar refractivity (Wildman–Crippen MR) is 96.0 cm³/mol. The van der Waals surface area contributed by atoms with Crippen LogP contribution in [0.25, 0.3) is 0 Å². The van der Waals surface area contributed by atoms with Gasteiger partial charge in [-0.2, -0.15) is 0 Å². The van der Waals surface area contributed by atoms with Crippen LogP contribution >= 0.6 is 24.0 Å².